The van der Waals surface area contributed by atoms with Crippen LogP contribution >= 0.6 is 11.3 Å². The van der Waals surface area contributed by atoms with Gasteiger partial charge in [0.05, 0.1) is 5.69 Å². The second kappa shape index (κ2) is 5.29. The summed E-state index contributed by atoms with van der Waals surface area (Å²) >= 11 is 1.42. The van der Waals surface area contributed by atoms with Gasteiger partial charge in [0.1, 0.15) is 5.51 Å². The lowest BCUT2D eigenvalue weighted by Crippen LogP contribution is -2.17. The minimum absolute atomic E-state index is 0.171. The zero-order valence-electron chi connectivity index (χ0n) is 12.2. The second-order valence-electron chi connectivity index (χ2n) is 4.90. The summed E-state index contributed by atoms with van der Waals surface area (Å²) in [6.45, 7) is 5.90. The predicted molar refractivity (Wildman–Crippen MR) is 84.1 cm³/mol. The molecule has 0 radical (unpaired) electrons. The zero-order valence-corrected chi connectivity index (χ0v) is 13.0. The summed E-state index contributed by atoms with van der Waals surface area (Å²) in [5.41, 5.74) is 5.94. The molecule has 6 heteroatoms. The minimum Gasteiger partial charge on any atom is -0.320 e. The molecule has 21 heavy (non-hydrogen) atoms. The summed E-state index contributed by atoms with van der Waals surface area (Å²) in [5.74, 6) is -0.171. The number of fused-ring (bicyclic) bond motifs is 1. The van der Waals surface area contributed by atoms with Crippen molar-refractivity contribution in [3.63, 3.8) is 0 Å². The van der Waals surface area contributed by atoms with Crippen LogP contribution in [0.3, 0.4) is 0 Å². The number of hydrogen-bond donors (Lipinski definition) is 1. The Morgan fingerprint density at radius 1 is 1.38 bits per heavy atom. The molecule has 1 N–H and O–H groups in total. The fourth-order valence-corrected chi connectivity index (χ4v) is 3.09. The van der Waals surface area contributed by atoms with Crippen LogP contribution in [0.15, 0.2) is 23.7 Å². The highest BCUT2D eigenvalue weighted by Gasteiger charge is 2.19. The van der Waals surface area contributed by atoms with Crippen LogP contribution in [0.1, 0.15) is 34.2 Å². The highest BCUT2D eigenvalue weighted by atomic mass is 32.1. The molecule has 0 atom stereocenters. The Hall–Kier alpha value is -2.21. The molecule has 0 unspecified atom stereocenters. The summed E-state index contributed by atoms with van der Waals surface area (Å²) in [6.07, 6.45) is 0.870. The van der Waals surface area contributed by atoms with Crippen LogP contribution in [0.25, 0.3) is 4.96 Å². The third-order valence-electron chi connectivity index (χ3n) is 3.51. The number of carbonyl (C=O) groups excluding carboxylic acids is 1. The number of nitrogens with zero attached hydrogens (tertiary/aromatic N) is 3. The van der Waals surface area contributed by atoms with Crippen LogP contribution in [-0.2, 0) is 6.42 Å². The molecule has 0 saturated heterocycles. The van der Waals surface area contributed by atoms with Gasteiger partial charge < -0.3 is 5.32 Å². The lowest BCUT2D eigenvalue weighted by molar-refractivity contribution is 0.101. The van der Waals surface area contributed by atoms with E-state index in [0.29, 0.717) is 11.4 Å². The monoisotopic (exact) mass is 300 g/mol. The van der Waals surface area contributed by atoms with Gasteiger partial charge in [-0.1, -0.05) is 36.5 Å². The van der Waals surface area contributed by atoms with Gasteiger partial charge in [-0.2, -0.15) is 9.61 Å². The smallest absolute Gasteiger partial charge is 0.276 e. The first-order chi connectivity index (χ1) is 10.1. The predicted octanol–water partition coefficient (Wildman–Crippen LogP) is 3.22. The van der Waals surface area contributed by atoms with Gasteiger partial charge in [0, 0.05) is 5.69 Å². The van der Waals surface area contributed by atoms with Crippen LogP contribution in [0.4, 0.5) is 5.69 Å². The summed E-state index contributed by atoms with van der Waals surface area (Å²) in [7, 11) is 0. The van der Waals surface area contributed by atoms with E-state index < -0.39 is 0 Å². The molecule has 0 aliphatic rings. The number of aromatic nitrogens is 3. The van der Waals surface area contributed by atoms with Crippen LogP contribution < -0.4 is 5.32 Å². The highest BCUT2D eigenvalue weighted by Crippen LogP contribution is 2.23. The Morgan fingerprint density at radius 3 is 2.95 bits per heavy atom. The molecule has 2 heterocycles. The molecule has 0 fully saturated rings. The van der Waals surface area contributed by atoms with Gasteiger partial charge in [-0.05, 0) is 31.4 Å². The van der Waals surface area contributed by atoms with Crippen molar-refractivity contribution in [3.8, 4) is 0 Å². The molecular formula is C15H16N4OS. The van der Waals surface area contributed by atoms with Gasteiger partial charge in [0.25, 0.3) is 5.91 Å². The number of hydrogen-bond acceptors (Lipinski definition) is 4. The Bertz CT molecular complexity index is 818. The minimum atomic E-state index is -0.171. The van der Waals surface area contributed by atoms with Gasteiger partial charge in [0.15, 0.2) is 5.69 Å². The third-order valence-corrected chi connectivity index (χ3v) is 4.19. The van der Waals surface area contributed by atoms with Crippen molar-refractivity contribution in [2.45, 2.75) is 27.2 Å². The van der Waals surface area contributed by atoms with Gasteiger partial charge in [0.2, 0.25) is 4.96 Å². The Morgan fingerprint density at radius 2 is 2.19 bits per heavy atom. The van der Waals surface area contributed by atoms with Crippen molar-refractivity contribution >= 4 is 27.9 Å². The Labute approximate surface area is 126 Å². The second-order valence-corrected chi connectivity index (χ2v) is 5.71. The molecule has 0 bridgehead atoms. The van der Waals surface area contributed by atoms with E-state index in [4.69, 9.17) is 0 Å². The van der Waals surface area contributed by atoms with Crippen molar-refractivity contribution < 1.29 is 4.79 Å². The standard InChI is InChI=1S/C15H16N4OS/c1-4-11-7-5-6-9(2)12(11)18-14(20)13-10(3)17-15-19(13)16-8-21-15/h5-8H,4H2,1-3H3,(H,18,20). The maximum absolute atomic E-state index is 12.6. The molecule has 0 spiro atoms. The van der Waals surface area contributed by atoms with Crippen molar-refractivity contribution in [2.24, 2.45) is 0 Å². The van der Waals surface area contributed by atoms with E-state index in [9.17, 15) is 4.79 Å². The van der Waals surface area contributed by atoms with E-state index in [1.54, 1.807) is 10.0 Å². The van der Waals surface area contributed by atoms with Crippen LogP contribution in [0.5, 0.6) is 0 Å². The SMILES string of the molecule is CCc1cccc(C)c1NC(=O)c1c(C)nc2scnn12. The average Bonchev–Trinajstić information content (AvgIpc) is 3.00. The fourth-order valence-electron chi connectivity index (χ4n) is 2.43. The molecular weight excluding hydrogens is 284 g/mol. The summed E-state index contributed by atoms with van der Waals surface area (Å²) in [4.78, 5) is 17.7. The number of carbonyl (C=O) groups is 1. The molecule has 1 aromatic carbocycles. The van der Waals surface area contributed by atoms with E-state index in [-0.39, 0.29) is 5.91 Å². The molecule has 3 rings (SSSR count). The lowest BCUT2D eigenvalue weighted by Gasteiger charge is -2.12. The number of para-hydroxylation sites is 1. The van der Waals surface area contributed by atoms with Crippen LogP contribution in [0, 0.1) is 13.8 Å². The molecule has 1 amide bonds. The van der Waals surface area contributed by atoms with E-state index in [1.165, 1.54) is 11.3 Å². The first kappa shape index (κ1) is 13.8. The van der Waals surface area contributed by atoms with Gasteiger partial charge in [-0.25, -0.2) is 4.98 Å². The zero-order chi connectivity index (χ0) is 15.0. The maximum Gasteiger partial charge on any atom is 0.276 e. The molecule has 3 aromatic rings. The summed E-state index contributed by atoms with van der Waals surface area (Å²) < 4.78 is 1.60. The van der Waals surface area contributed by atoms with Crippen molar-refractivity contribution in [2.75, 3.05) is 5.32 Å². The average molecular weight is 300 g/mol. The van der Waals surface area contributed by atoms with E-state index in [2.05, 4.69) is 22.3 Å². The molecule has 2 aromatic heterocycles. The summed E-state index contributed by atoms with van der Waals surface area (Å²) in [6, 6.07) is 6.03. The van der Waals surface area contributed by atoms with Crippen molar-refractivity contribution in [3.05, 3.63) is 46.2 Å². The maximum atomic E-state index is 12.6. The summed E-state index contributed by atoms with van der Waals surface area (Å²) in [5, 5.41) is 7.20. The number of aryl methyl sites for hydroxylation is 3. The van der Waals surface area contributed by atoms with E-state index in [0.717, 1.165) is 28.2 Å². The largest absolute Gasteiger partial charge is 0.320 e. The number of nitrogens with one attached hydrogen (secondary N) is 1. The van der Waals surface area contributed by atoms with Crippen molar-refractivity contribution in [1.29, 1.82) is 0 Å². The number of amides is 1. The van der Waals surface area contributed by atoms with Gasteiger partial charge in [-0.15, -0.1) is 0 Å². The van der Waals surface area contributed by atoms with Crippen LogP contribution in [-0.4, -0.2) is 20.5 Å². The molecule has 0 aliphatic carbocycles. The van der Waals surface area contributed by atoms with Gasteiger partial charge in [-0.3, -0.25) is 4.79 Å². The van der Waals surface area contributed by atoms with Crippen LogP contribution in [0.2, 0.25) is 0 Å². The quantitative estimate of drug-likeness (QED) is 0.808. The number of imidazole rings is 1. The Kier molecular flexibility index (Phi) is 3.47. The Balaban J connectivity index is 2.01. The molecule has 0 saturated carbocycles. The number of rotatable bonds is 3. The van der Waals surface area contributed by atoms with E-state index >= 15 is 0 Å². The molecule has 0 aliphatic heterocycles. The van der Waals surface area contributed by atoms with E-state index in [1.807, 2.05) is 32.0 Å². The number of benzene rings is 1. The van der Waals surface area contributed by atoms with Crippen molar-refractivity contribution in [1.82, 2.24) is 14.6 Å². The fraction of sp³-hybridized carbons (Fsp3) is 0.267. The number of anilines is 1. The topological polar surface area (TPSA) is 59.3 Å². The normalized spacial score (nSPS) is 11.0. The molecule has 108 valence electrons. The van der Waals surface area contributed by atoms with Gasteiger partial charge >= 0.3 is 0 Å². The first-order valence-electron chi connectivity index (χ1n) is 6.80. The first-order valence-corrected chi connectivity index (χ1v) is 7.68. The molecule has 5 nitrogen and oxygen atoms in total. The third kappa shape index (κ3) is 2.31. The lowest BCUT2D eigenvalue weighted by atomic mass is 10.1. The highest BCUT2D eigenvalue weighted by molar-refractivity contribution is 7.14.